The molecule has 10 heteroatoms. The van der Waals surface area contributed by atoms with Gasteiger partial charge in [-0.15, -0.1) is 0 Å². The van der Waals surface area contributed by atoms with E-state index in [1.54, 1.807) is 0 Å². The van der Waals surface area contributed by atoms with Gasteiger partial charge in [-0.05, 0) is 83.5 Å². The van der Waals surface area contributed by atoms with Gasteiger partial charge >= 0.3 is 11.9 Å². The average molecular weight is 827 g/mol. The number of aliphatic hydroxyl groups is 4. The summed E-state index contributed by atoms with van der Waals surface area (Å²) in [5, 5.41) is 40.0. The maximum atomic E-state index is 12.7. The molecule has 1 rings (SSSR count). The Labute approximate surface area is 356 Å². The number of carbonyl (C=O) groups excluding carboxylic acids is 2. The number of rotatable bonds is 35. The van der Waals surface area contributed by atoms with Crippen molar-refractivity contribution in [1.29, 1.82) is 0 Å². The van der Waals surface area contributed by atoms with Crippen LogP contribution >= 0.6 is 0 Å². The molecule has 10 nitrogen and oxygen atoms in total. The summed E-state index contributed by atoms with van der Waals surface area (Å²) in [7, 11) is 0. The zero-order chi connectivity index (χ0) is 43.0. The van der Waals surface area contributed by atoms with Crippen LogP contribution in [0.25, 0.3) is 0 Å². The van der Waals surface area contributed by atoms with Crippen LogP contribution in [0.2, 0.25) is 0 Å². The van der Waals surface area contributed by atoms with Crippen molar-refractivity contribution in [3.8, 4) is 0 Å². The van der Waals surface area contributed by atoms with Crippen LogP contribution in [-0.2, 0) is 28.5 Å². The number of unbranched alkanes of at least 4 members (excludes halogenated alkanes) is 8. The zero-order valence-corrected chi connectivity index (χ0v) is 36.2. The van der Waals surface area contributed by atoms with Crippen LogP contribution in [0, 0.1) is 0 Å². The van der Waals surface area contributed by atoms with Gasteiger partial charge in [0, 0.05) is 12.8 Å². The highest BCUT2D eigenvalue weighted by Gasteiger charge is 2.44. The van der Waals surface area contributed by atoms with Gasteiger partial charge in [0.05, 0.1) is 13.2 Å². The molecule has 2 unspecified atom stereocenters. The fraction of sp³-hybridized carbons (Fsp3) is 0.633. The molecule has 0 bridgehead atoms. The molecule has 4 N–H and O–H groups in total. The zero-order valence-electron chi connectivity index (χ0n) is 36.2. The van der Waals surface area contributed by atoms with Crippen molar-refractivity contribution in [2.45, 2.75) is 179 Å². The molecule has 0 saturated carbocycles. The quantitative estimate of drug-likeness (QED) is 0.0276. The summed E-state index contributed by atoms with van der Waals surface area (Å²) >= 11 is 0. The molecule has 1 aliphatic rings. The molecule has 0 aromatic carbocycles. The molecular formula is C49H78O10. The summed E-state index contributed by atoms with van der Waals surface area (Å²) in [4.78, 5) is 25.3. The number of hydrogen-bond donors (Lipinski definition) is 4. The minimum atomic E-state index is -1.62. The summed E-state index contributed by atoms with van der Waals surface area (Å²) in [5.74, 6) is -0.953. The van der Waals surface area contributed by atoms with E-state index in [-0.39, 0.29) is 26.1 Å². The highest BCUT2D eigenvalue weighted by Crippen LogP contribution is 2.22. The number of carbonyl (C=O) groups is 2. The van der Waals surface area contributed by atoms with Gasteiger partial charge in [0.25, 0.3) is 0 Å². The second-order valence-electron chi connectivity index (χ2n) is 14.8. The molecule has 0 spiro atoms. The summed E-state index contributed by atoms with van der Waals surface area (Å²) in [6, 6.07) is 0. The van der Waals surface area contributed by atoms with Gasteiger partial charge < -0.3 is 39.4 Å². The lowest BCUT2D eigenvalue weighted by Gasteiger charge is -2.39. The smallest absolute Gasteiger partial charge is 0.306 e. The Morgan fingerprint density at radius 1 is 0.542 bits per heavy atom. The van der Waals surface area contributed by atoms with Crippen molar-refractivity contribution in [1.82, 2.24) is 0 Å². The second-order valence-corrected chi connectivity index (χ2v) is 14.8. The first kappa shape index (κ1) is 53.6. The van der Waals surface area contributed by atoms with Crippen molar-refractivity contribution in [2.75, 3.05) is 19.8 Å². The first-order valence-corrected chi connectivity index (χ1v) is 22.3. The number of esters is 2. The molecule has 0 radical (unpaired) electrons. The highest BCUT2D eigenvalue weighted by molar-refractivity contribution is 5.70. The van der Waals surface area contributed by atoms with Crippen molar-refractivity contribution < 1.29 is 49.0 Å². The summed E-state index contributed by atoms with van der Waals surface area (Å²) < 4.78 is 22.0. The van der Waals surface area contributed by atoms with E-state index in [0.29, 0.717) is 12.8 Å². The molecule has 1 saturated heterocycles. The van der Waals surface area contributed by atoms with E-state index in [1.165, 1.54) is 38.5 Å². The van der Waals surface area contributed by atoms with Crippen molar-refractivity contribution in [2.24, 2.45) is 0 Å². The van der Waals surface area contributed by atoms with Crippen LogP contribution in [-0.4, -0.2) is 89.0 Å². The fourth-order valence-electron chi connectivity index (χ4n) is 5.95. The summed E-state index contributed by atoms with van der Waals surface area (Å²) in [5.41, 5.74) is 0. The van der Waals surface area contributed by atoms with Gasteiger partial charge in [-0.2, -0.15) is 0 Å². The van der Waals surface area contributed by atoms with Crippen molar-refractivity contribution in [3.05, 3.63) is 97.2 Å². The lowest BCUT2D eigenvalue weighted by molar-refractivity contribution is -0.305. The monoisotopic (exact) mass is 827 g/mol. The van der Waals surface area contributed by atoms with Gasteiger partial charge in [0.15, 0.2) is 12.4 Å². The molecule has 334 valence electrons. The van der Waals surface area contributed by atoms with Gasteiger partial charge in [0.2, 0.25) is 0 Å². The first-order chi connectivity index (χ1) is 28.8. The molecule has 0 aromatic rings. The SMILES string of the molecule is CC/C=C/C/C=C/C/C=C/C/C=C/C/C=C/C/C=C/CCC(=O)OC[C@@H](CO[C@H]1O[C@@H](CO)[C@@H](O)C(O)C1O)OC(=O)CCCC/C=C/C/C=C/CCCCCCCC. The Kier molecular flexibility index (Phi) is 35.3. The summed E-state index contributed by atoms with van der Waals surface area (Å²) in [6.07, 6.45) is 44.3. The number of allylic oxidation sites excluding steroid dienone is 16. The van der Waals surface area contributed by atoms with Crippen LogP contribution < -0.4 is 0 Å². The Hall–Kier alpha value is -3.38. The molecule has 6 atom stereocenters. The second kappa shape index (κ2) is 38.8. The van der Waals surface area contributed by atoms with Gasteiger partial charge in [-0.25, -0.2) is 0 Å². The Morgan fingerprint density at radius 2 is 1.03 bits per heavy atom. The van der Waals surface area contributed by atoms with Gasteiger partial charge in [0.1, 0.15) is 31.0 Å². The van der Waals surface area contributed by atoms with Crippen LogP contribution in [0.1, 0.15) is 142 Å². The van der Waals surface area contributed by atoms with Crippen LogP contribution in [0.5, 0.6) is 0 Å². The fourth-order valence-corrected chi connectivity index (χ4v) is 5.95. The highest BCUT2D eigenvalue weighted by atomic mass is 16.7. The third-order valence-electron chi connectivity index (χ3n) is 9.47. The average Bonchev–Trinajstić information content (AvgIpc) is 3.23. The molecule has 0 amide bonds. The molecule has 1 aliphatic heterocycles. The molecule has 0 aromatic heterocycles. The molecular weight excluding hydrogens is 749 g/mol. The third kappa shape index (κ3) is 30.3. The minimum absolute atomic E-state index is 0.138. The first-order valence-electron chi connectivity index (χ1n) is 22.3. The maximum Gasteiger partial charge on any atom is 0.306 e. The molecule has 0 aliphatic carbocycles. The largest absolute Gasteiger partial charge is 0.462 e. The van der Waals surface area contributed by atoms with E-state index in [2.05, 4.69) is 98.9 Å². The van der Waals surface area contributed by atoms with Gasteiger partial charge in [-0.1, -0.05) is 143 Å². The van der Waals surface area contributed by atoms with Crippen LogP contribution in [0.4, 0.5) is 0 Å². The van der Waals surface area contributed by atoms with Crippen LogP contribution in [0.3, 0.4) is 0 Å². The van der Waals surface area contributed by atoms with E-state index in [9.17, 15) is 30.0 Å². The number of hydrogen-bond acceptors (Lipinski definition) is 10. The number of ether oxygens (including phenoxy) is 4. The predicted octanol–water partition coefficient (Wildman–Crippen LogP) is 9.55. The van der Waals surface area contributed by atoms with E-state index in [0.717, 1.165) is 64.2 Å². The lowest BCUT2D eigenvalue weighted by atomic mass is 9.99. The summed E-state index contributed by atoms with van der Waals surface area (Å²) in [6.45, 7) is 3.17. The van der Waals surface area contributed by atoms with E-state index < -0.39 is 55.4 Å². The normalized spacial score (nSPS) is 20.9. The Bertz CT molecular complexity index is 1280. The van der Waals surface area contributed by atoms with E-state index in [4.69, 9.17) is 18.9 Å². The Balaban J connectivity index is 2.43. The van der Waals surface area contributed by atoms with Gasteiger partial charge in [-0.3, -0.25) is 9.59 Å². The van der Waals surface area contributed by atoms with Crippen molar-refractivity contribution in [3.63, 3.8) is 0 Å². The minimum Gasteiger partial charge on any atom is -0.462 e. The van der Waals surface area contributed by atoms with Crippen LogP contribution in [0.15, 0.2) is 97.2 Å². The van der Waals surface area contributed by atoms with Crippen molar-refractivity contribution >= 4 is 11.9 Å². The molecule has 1 fully saturated rings. The maximum absolute atomic E-state index is 12.7. The third-order valence-corrected chi connectivity index (χ3v) is 9.47. The predicted molar refractivity (Wildman–Crippen MR) is 237 cm³/mol. The number of aliphatic hydroxyl groups excluding tert-OH is 4. The van der Waals surface area contributed by atoms with E-state index >= 15 is 0 Å². The topological polar surface area (TPSA) is 152 Å². The van der Waals surface area contributed by atoms with E-state index in [1.807, 2.05) is 12.2 Å². The lowest BCUT2D eigenvalue weighted by Crippen LogP contribution is -2.59. The molecule has 59 heavy (non-hydrogen) atoms. The standard InChI is InChI=1S/C49H78O10/c1-3-5-7-9-11-13-15-17-19-20-21-22-24-25-27-29-31-33-35-37-44(51)56-40-42(41-57-49-48(55)47(54)46(53)43(39-50)59-49)58-45(52)38-36-34-32-30-28-26-23-18-16-14-12-10-8-6-4-2/h5,7,11,13,17-19,21-23,25,27-28,30-31,33,42-43,46-50,53-55H,3-4,6,8-10,12,14-16,20,24,26,29,32,34-41H2,1-2H3/b7-5+,13-11+,19-17+,22-21+,23-18+,27-25+,30-28+,33-31+/t42-,43-,46+,47?,48?,49-/m0/s1. The molecule has 1 heterocycles. The Morgan fingerprint density at radius 3 is 1.58 bits per heavy atom.